The van der Waals surface area contributed by atoms with Gasteiger partial charge in [-0.1, -0.05) is 6.07 Å². The molecule has 0 saturated carbocycles. The SMILES string of the molecule is CNC(=O)CN1CCN(Cc2cccs2)CC1. The van der Waals surface area contributed by atoms with Gasteiger partial charge in [0.05, 0.1) is 6.54 Å². The second-order valence-electron chi connectivity index (χ2n) is 4.30. The lowest BCUT2D eigenvalue weighted by Crippen LogP contribution is -2.48. The fraction of sp³-hybridized carbons (Fsp3) is 0.583. The molecule has 1 saturated heterocycles. The van der Waals surface area contributed by atoms with Crippen LogP contribution in [0.5, 0.6) is 0 Å². The molecule has 4 nitrogen and oxygen atoms in total. The molecule has 0 spiro atoms. The van der Waals surface area contributed by atoms with Crippen LogP contribution < -0.4 is 5.32 Å². The van der Waals surface area contributed by atoms with E-state index in [0.717, 1.165) is 32.7 Å². The summed E-state index contributed by atoms with van der Waals surface area (Å²) < 4.78 is 0. The molecular formula is C12H19N3OS. The van der Waals surface area contributed by atoms with E-state index in [1.165, 1.54) is 4.88 Å². The molecule has 2 rings (SSSR count). The Morgan fingerprint density at radius 2 is 2.06 bits per heavy atom. The van der Waals surface area contributed by atoms with Crippen LogP contribution in [0.25, 0.3) is 0 Å². The van der Waals surface area contributed by atoms with Gasteiger partial charge in [-0.15, -0.1) is 11.3 Å². The minimum Gasteiger partial charge on any atom is -0.358 e. The molecule has 1 aromatic heterocycles. The third-order valence-electron chi connectivity index (χ3n) is 3.07. The van der Waals surface area contributed by atoms with E-state index in [1.54, 1.807) is 7.05 Å². The summed E-state index contributed by atoms with van der Waals surface area (Å²) in [5.41, 5.74) is 0. The zero-order valence-corrected chi connectivity index (χ0v) is 11.0. The van der Waals surface area contributed by atoms with Gasteiger partial charge in [-0.05, 0) is 11.4 Å². The Hall–Kier alpha value is -0.910. The largest absolute Gasteiger partial charge is 0.358 e. The molecule has 0 radical (unpaired) electrons. The summed E-state index contributed by atoms with van der Waals surface area (Å²) in [5, 5.41) is 4.79. The zero-order valence-electron chi connectivity index (χ0n) is 10.2. The summed E-state index contributed by atoms with van der Waals surface area (Å²) in [6.45, 7) is 5.65. The van der Waals surface area contributed by atoms with Crippen LogP contribution in [0.4, 0.5) is 0 Å². The molecule has 1 aliphatic heterocycles. The molecule has 94 valence electrons. The Kier molecular flexibility index (Phi) is 4.53. The quantitative estimate of drug-likeness (QED) is 0.854. The monoisotopic (exact) mass is 253 g/mol. The summed E-state index contributed by atoms with van der Waals surface area (Å²) in [7, 11) is 1.69. The maximum atomic E-state index is 11.3. The maximum absolute atomic E-state index is 11.3. The van der Waals surface area contributed by atoms with E-state index in [2.05, 4.69) is 32.6 Å². The summed E-state index contributed by atoms with van der Waals surface area (Å²) in [6.07, 6.45) is 0. The van der Waals surface area contributed by atoms with Crippen molar-refractivity contribution in [3.63, 3.8) is 0 Å². The molecule has 5 heteroatoms. The molecule has 17 heavy (non-hydrogen) atoms. The van der Waals surface area contributed by atoms with Gasteiger partial charge in [0.2, 0.25) is 5.91 Å². The van der Waals surface area contributed by atoms with Crippen molar-refractivity contribution in [3.8, 4) is 0 Å². The highest BCUT2D eigenvalue weighted by Crippen LogP contribution is 2.13. The van der Waals surface area contributed by atoms with Crippen molar-refractivity contribution in [3.05, 3.63) is 22.4 Å². The van der Waals surface area contributed by atoms with Crippen molar-refractivity contribution in [1.29, 1.82) is 0 Å². The Morgan fingerprint density at radius 3 is 2.65 bits per heavy atom. The van der Waals surface area contributed by atoms with E-state index >= 15 is 0 Å². The van der Waals surface area contributed by atoms with Crippen LogP contribution in [0.3, 0.4) is 0 Å². The highest BCUT2D eigenvalue weighted by atomic mass is 32.1. The molecule has 0 aliphatic carbocycles. The molecule has 1 aromatic rings. The van der Waals surface area contributed by atoms with Crippen molar-refractivity contribution in [2.24, 2.45) is 0 Å². The standard InChI is InChI=1S/C12H19N3OS/c1-13-12(16)10-15-6-4-14(5-7-15)9-11-3-2-8-17-11/h2-3,8H,4-7,9-10H2,1H3,(H,13,16). The minimum absolute atomic E-state index is 0.108. The van der Waals surface area contributed by atoms with Gasteiger partial charge in [0.25, 0.3) is 0 Å². The number of carbonyl (C=O) groups is 1. The Morgan fingerprint density at radius 1 is 1.35 bits per heavy atom. The summed E-state index contributed by atoms with van der Waals surface area (Å²) >= 11 is 1.81. The highest BCUT2D eigenvalue weighted by Gasteiger charge is 2.18. The van der Waals surface area contributed by atoms with Gasteiger partial charge >= 0.3 is 0 Å². The maximum Gasteiger partial charge on any atom is 0.233 e. The fourth-order valence-electron chi connectivity index (χ4n) is 2.01. The van der Waals surface area contributed by atoms with Crippen LogP contribution >= 0.6 is 11.3 Å². The van der Waals surface area contributed by atoms with E-state index in [1.807, 2.05) is 11.3 Å². The average molecular weight is 253 g/mol. The number of rotatable bonds is 4. The molecule has 0 bridgehead atoms. The average Bonchev–Trinajstić information content (AvgIpc) is 2.84. The van der Waals surface area contributed by atoms with E-state index < -0.39 is 0 Å². The molecule has 1 amide bonds. The molecular weight excluding hydrogens is 234 g/mol. The Bertz CT molecular complexity index is 345. The van der Waals surface area contributed by atoms with Crippen LogP contribution in [0.2, 0.25) is 0 Å². The van der Waals surface area contributed by atoms with Gasteiger partial charge in [-0.3, -0.25) is 14.6 Å². The van der Waals surface area contributed by atoms with Crippen molar-refractivity contribution >= 4 is 17.2 Å². The minimum atomic E-state index is 0.108. The van der Waals surface area contributed by atoms with Crippen LogP contribution in [-0.4, -0.2) is 55.5 Å². The van der Waals surface area contributed by atoms with Crippen LogP contribution in [0.1, 0.15) is 4.88 Å². The number of nitrogens with one attached hydrogen (secondary N) is 1. The number of carbonyl (C=O) groups excluding carboxylic acids is 1. The molecule has 1 N–H and O–H groups in total. The van der Waals surface area contributed by atoms with Crippen LogP contribution in [0, 0.1) is 0 Å². The normalized spacial score (nSPS) is 18.2. The van der Waals surface area contributed by atoms with E-state index in [0.29, 0.717) is 6.54 Å². The van der Waals surface area contributed by atoms with Crippen LogP contribution in [0.15, 0.2) is 17.5 Å². The first-order chi connectivity index (χ1) is 8.28. The third-order valence-corrected chi connectivity index (χ3v) is 3.93. The fourth-order valence-corrected chi connectivity index (χ4v) is 2.76. The number of likely N-dealkylation sites (N-methyl/N-ethyl adjacent to an activating group) is 1. The number of thiophene rings is 1. The number of nitrogens with zero attached hydrogens (tertiary/aromatic N) is 2. The van der Waals surface area contributed by atoms with Crippen molar-refractivity contribution in [1.82, 2.24) is 15.1 Å². The third kappa shape index (κ3) is 3.80. The van der Waals surface area contributed by atoms with Crippen LogP contribution in [-0.2, 0) is 11.3 Å². The molecule has 0 unspecified atom stereocenters. The molecule has 0 aromatic carbocycles. The van der Waals surface area contributed by atoms with Crippen molar-refractivity contribution in [2.45, 2.75) is 6.54 Å². The summed E-state index contributed by atoms with van der Waals surface area (Å²) in [6, 6.07) is 4.28. The van der Waals surface area contributed by atoms with Gasteiger partial charge in [0.15, 0.2) is 0 Å². The van der Waals surface area contributed by atoms with E-state index in [-0.39, 0.29) is 5.91 Å². The van der Waals surface area contributed by atoms with E-state index in [4.69, 9.17) is 0 Å². The lowest BCUT2D eigenvalue weighted by molar-refractivity contribution is -0.122. The predicted octanol–water partition coefficient (Wildman–Crippen LogP) is 0.612. The first kappa shape index (κ1) is 12.5. The summed E-state index contributed by atoms with van der Waals surface area (Å²) in [4.78, 5) is 17.3. The topological polar surface area (TPSA) is 35.6 Å². The van der Waals surface area contributed by atoms with Crippen molar-refractivity contribution in [2.75, 3.05) is 39.8 Å². The number of hydrogen-bond acceptors (Lipinski definition) is 4. The van der Waals surface area contributed by atoms with Gasteiger partial charge in [0.1, 0.15) is 0 Å². The first-order valence-corrected chi connectivity index (χ1v) is 6.83. The van der Waals surface area contributed by atoms with Gasteiger partial charge in [0, 0.05) is 44.6 Å². The van der Waals surface area contributed by atoms with E-state index in [9.17, 15) is 4.79 Å². The summed E-state index contributed by atoms with van der Waals surface area (Å²) in [5.74, 6) is 0.108. The molecule has 1 aliphatic rings. The highest BCUT2D eigenvalue weighted by molar-refractivity contribution is 7.09. The molecule has 1 fully saturated rings. The Balaban J connectivity index is 1.72. The first-order valence-electron chi connectivity index (χ1n) is 5.95. The number of piperazine rings is 1. The number of amides is 1. The molecule has 0 atom stereocenters. The van der Waals surface area contributed by atoms with Gasteiger partial charge < -0.3 is 5.32 Å². The van der Waals surface area contributed by atoms with Gasteiger partial charge in [-0.2, -0.15) is 0 Å². The van der Waals surface area contributed by atoms with Crippen molar-refractivity contribution < 1.29 is 4.79 Å². The zero-order chi connectivity index (χ0) is 12.1. The second kappa shape index (κ2) is 6.14. The van der Waals surface area contributed by atoms with Gasteiger partial charge in [-0.25, -0.2) is 0 Å². The lowest BCUT2D eigenvalue weighted by Gasteiger charge is -2.33. The number of hydrogen-bond donors (Lipinski definition) is 1. The second-order valence-corrected chi connectivity index (χ2v) is 5.34. The molecule has 2 heterocycles. The Labute approximate surface area is 106 Å². The smallest absolute Gasteiger partial charge is 0.233 e. The predicted molar refractivity (Wildman–Crippen MR) is 70.1 cm³/mol. The lowest BCUT2D eigenvalue weighted by atomic mass is 10.3.